The summed E-state index contributed by atoms with van der Waals surface area (Å²) in [6.45, 7) is 9.67. The summed E-state index contributed by atoms with van der Waals surface area (Å²) in [5.74, 6) is 1.39. The van der Waals surface area contributed by atoms with Crippen LogP contribution in [-0.4, -0.2) is 72.9 Å². The minimum Gasteiger partial charge on any atom is -0.493 e. The van der Waals surface area contributed by atoms with Crippen LogP contribution in [0.15, 0.2) is 90.0 Å². The maximum absolute atomic E-state index is 13.9. The summed E-state index contributed by atoms with van der Waals surface area (Å²) in [5.41, 5.74) is 1.60. The van der Waals surface area contributed by atoms with Crippen LogP contribution in [0.3, 0.4) is 0 Å². The molecular weight excluding hydrogens is 746 g/mol. The van der Waals surface area contributed by atoms with Crippen molar-refractivity contribution < 1.29 is 41.1 Å². The van der Waals surface area contributed by atoms with E-state index in [1.807, 2.05) is 57.2 Å². The smallest absolute Gasteiger partial charge is 0.416 e. The lowest BCUT2D eigenvalue weighted by Gasteiger charge is -2.26. The number of carbonyl (C=O) groups excluding carboxylic acids is 1. The van der Waals surface area contributed by atoms with Gasteiger partial charge in [-0.15, -0.1) is 0 Å². The second kappa shape index (κ2) is 17.3. The minimum absolute atomic E-state index is 0.110. The van der Waals surface area contributed by atoms with Gasteiger partial charge < -0.3 is 29.6 Å². The Kier molecular flexibility index (Phi) is 12.5. The molecule has 2 amide bonds. The number of aromatic nitrogens is 1. The number of pyridine rings is 1. The molecule has 0 saturated carbocycles. The summed E-state index contributed by atoms with van der Waals surface area (Å²) in [6, 6.07) is 21.1. The number of carbonyl (C=O) groups is 1. The number of alkyl halides is 3. The molecule has 1 aliphatic rings. The van der Waals surface area contributed by atoms with E-state index < -0.39 is 28.6 Å². The molecule has 1 saturated heterocycles. The molecule has 1 fully saturated rings. The number of hydrogen-bond donors (Lipinski definition) is 2. The number of urea groups is 1. The van der Waals surface area contributed by atoms with Crippen LogP contribution in [0.4, 0.5) is 29.3 Å². The molecular formula is C42H45F3N4O6S. The van der Waals surface area contributed by atoms with E-state index in [9.17, 15) is 22.2 Å². The zero-order chi connectivity index (χ0) is 40.0. The Morgan fingerprint density at radius 1 is 0.893 bits per heavy atom. The van der Waals surface area contributed by atoms with Gasteiger partial charge in [0.15, 0.2) is 5.75 Å². The van der Waals surface area contributed by atoms with E-state index in [1.54, 1.807) is 42.8 Å². The van der Waals surface area contributed by atoms with E-state index in [4.69, 9.17) is 18.9 Å². The lowest BCUT2D eigenvalue weighted by molar-refractivity contribution is -0.137. The van der Waals surface area contributed by atoms with Crippen molar-refractivity contribution in [1.82, 2.24) is 9.88 Å². The number of hydrogen-bond acceptors (Lipinski definition) is 8. The lowest BCUT2D eigenvalue weighted by atomic mass is 9.86. The van der Waals surface area contributed by atoms with Crippen LogP contribution >= 0.6 is 0 Å². The first kappa shape index (κ1) is 40.5. The number of nitrogens with zero attached hydrogens (tertiary/aromatic N) is 2. The third-order valence-corrected chi connectivity index (χ3v) is 10.2. The van der Waals surface area contributed by atoms with Crippen molar-refractivity contribution in [3.05, 3.63) is 107 Å². The lowest BCUT2D eigenvalue weighted by Crippen LogP contribution is -2.38. The Morgan fingerprint density at radius 3 is 2.32 bits per heavy atom. The number of morpholine rings is 1. The van der Waals surface area contributed by atoms with Crippen molar-refractivity contribution in [2.45, 2.75) is 43.7 Å². The highest BCUT2D eigenvalue weighted by molar-refractivity contribution is 7.84. The highest BCUT2D eigenvalue weighted by Gasteiger charge is 2.31. The van der Waals surface area contributed by atoms with Gasteiger partial charge in [0.1, 0.15) is 23.9 Å². The molecule has 6 rings (SSSR count). The van der Waals surface area contributed by atoms with E-state index in [1.165, 1.54) is 7.11 Å². The van der Waals surface area contributed by atoms with Crippen molar-refractivity contribution in [2.24, 2.45) is 0 Å². The molecule has 56 heavy (non-hydrogen) atoms. The van der Waals surface area contributed by atoms with E-state index in [0.717, 1.165) is 30.8 Å². The fourth-order valence-electron chi connectivity index (χ4n) is 6.38. The number of anilines is 2. The normalized spacial score (nSPS) is 14.3. The highest BCUT2D eigenvalue weighted by atomic mass is 32.2. The van der Waals surface area contributed by atoms with Crippen LogP contribution in [-0.2, 0) is 33.5 Å². The third kappa shape index (κ3) is 10.2. The summed E-state index contributed by atoms with van der Waals surface area (Å²) < 4.78 is 77.4. The second-order valence-electron chi connectivity index (χ2n) is 14.4. The number of amides is 2. The van der Waals surface area contributed by atoms with Crippen LogP contribution in [0.2, 0.25) is 0 Å². The number of ether oxygens (including phenoxy) is 4. The fourth-order valence-corrected chi connectivity index (χ4v) is 7.12. The van der Waals surface area contributed by atoms with E-state index in [-0.39, 0.29) is 24.2 Å². The maximum atomic E-state index is 13.9. The summed E-state index contributed by atoms with van der Waals surface area (Å²) in [5, 5.41) is 7.21. The Balaban J connectivity index is 1.19. The van der Waals surface area contributed by atoms with E-state index in [2.05, 4.69) is 20.5 Å². The van der Waals surface area contributed by atoms with Crippen molar-refractivity contribution in [1.29, 1.82) is 0 Å². The van der Waals surface area contributed by atoms with Crippen LogP contribution in [0.25, 0.3) is 10.8 Å². The van der Waals surface area contributed by atoms with Crippen molar-refractivity contribution in [3.63, 3.8) is 0 Å². The summed E-state index contributed by atoms with van der Waals surface area (Å²) in [4.78, 5) is 20.5. The van der Waals surface area contributed by atoms with Gasteiger partial charge >= 0.3 is 12.2 Å². The average molecular weight is 791 g/mol. The zero-order valence-electron chi connectivity index (χ0n) is 31.9. The van der Waals surface area contributed by atoms with Crippen molar-refractivity contribution in [2.75, 3.05) is 63.5 Å². The molecule has 0 aliphatic carbocycles. The number of fused-ring (bicyclic) bond motifs is 1. The molecule has 0 spiro atoms. The molecule has 1 aliphatic heterocycles. The molecule has 4 aromatic carbocycles. The monoisotopic (exact) mass is 790 g/mol. The summed E-state index contributed by atoms with van der Waals surface area (Å²) >= 11 is 0. The van der Waals surface area contributed by atoms with Crippen LogP contribution in [0, 0.1) is 0 Å². The van der Waals surface area contributed by atoms with Gasteiger partial charge in [-0.25, -0.2) is 4.79 Å². The predicted octanol–water partition coefficient (Wildman–Crippen LogP) is 9.04. The highest BCUT2D eigenvalue weighted by Crippen LogP contribution is 2.39. The molecule has 5 aromatic rings. The first-order valence-electron chi connectivity index (χ1n) is 18.1. The van der Waals surface area contributed by atoms with Gasteiger partial charge in [0, 0.05) is 61.0 Å². The minimum atomic E-state index is -4.55. The number of benzene rings is 4. The number of nitrogens with one attached hydrogen (secondary N) is 2. The van der Waals surface area contributed by atoms with Gasteiger partial charge in [-0.1, -0.05) is 45.0 Å². The first-order valence-corrected chi connectivity index (χ1v) is 19.7. The Labute approximate surface area is 326 Å². The number of methoxy groups -OCH3 is 1. The molecule has 0 bridgehead atoms. The molecule has 296 valence electrons. The van der Waals surface area contributed by atoms with Gasteiger partial charge in [0.2, 0.25) is 0 Å². The van der Waals surface area contributed by atoms with Crippen LogP contribution < -0.4 is 24.8 Å². The Bertz CT molecular complexity index is 2220. The fraction of sp³-hybridized carbons (Fsp3) is 0.333. The third-order valence-electron chi connectivity index (χ3n) is 9.29. The van der Waals surface area contributed by atoms with E-state index in [0.29, 0.717) is 75.3 Å². The van der Waals surface area contributed by atoms with Crippen LogP contribution in [0.1, 0.15) is 43.2 Å². The predicted molar refractivity (Wildman–Crippen MR) is 212 cm³/mol. The standard InChI is InChI=1S/C42H45F3N4O6S/c1-41(2,3)28-24-36(39(52-4)38(25-28)56(5)51)48-40(50)47-35-10-11-37(34-9-7-6-8-33(34)35)55-31-12-13-46-30(26-31)21-27-20-29(42(43,44)45)23-32(22-27)54-19-16-49-14-17-53-18-15-49/h6-13,20,22-26H,14-19,21H2,1-5H3,(H2,47,48,50). The summed E-state index contributed by atoms with van der Waals surface area (Å²) in [6.07, 6.45) is -1.33. The molecule has 14 heteroatoms. The SMILES string of the molecule is COc1c(NC(=O)Nc2ccc(Oc3ccnc(Cc4cc(OCCN5CCOCC5)cc(C(F)(F)F)c4)c3)c3ccccc23)cc(C(C)(C)C)cc1S(C)=O. The van der Waals surface area contributed by atoms with Crippen molar-refractivity contribution >= 4 is 39.0 Å². The molecule has 1 unspecified atom stereocenters. The maximum Gasteiger partial charge on any atom is 0.416 e. The van der Waals surface area contributed by atoms with Gasteiger partial charge in [-0.2, -0.15) is 13.2 Å². The second-order valence-corrected chi connectivity index (χ2v) is 15.8. The average Bonchev–Trinajstić information content (AvgIpc) is 3.15. The number of rotatable bonds is 12. The zero-order valence-corrected chi connectivity index (χ0v) is 32.7. The van der Waals surface area contributed by atoms with Gasteiger partial charge in [-0.3, -0.25) is 14.1 Å². The first-order chi connectivity index (χ1) is 26.7. The largest absolute Gasteiger partial charge is 0.493 e. The van der Waals surface area contributed by atoms with Gasteiger partial charge in [0.25, 0.3) is 0 Å². The summed E-state index contributed by atoms with van der Waals surface area (Å²) in [7, 11) is 0.0962. The van der Waals surface area contributed by atoms with Gasteiger partial charge in [0.05, 0.1) is 53.0 Å². The topological polar surface area (TPSA) is 111 Å². The number of halogens is 3. The van der Waals surface area contributed by atoms with E-state index >= 15 is 0 Å². The molecule has 2 heterocycles. The molecule has 10 nitrogen and oxygen atoms in total. The Hall–Kier alpha value is -5.18. The van der Waals surface area contributed by atoms with Crippen molar-refractivity contribution in [3.8, 4) is 23.0 Å². The molecule has 2 N–H and O–H groups in total. The Morgan fingerprint density at radius 2 is 1.62 bits per heavy atom. The quantitative estimate of drug-likeness (QED) is 0.129. The van der Waals surface area contributed by atoms with Gasteiger partial charge in [-0.05, 0) is 65.1 Å². The van der Waals surface area contributed by atoms with Crippen LogP contribution in [0.5, 0.6) is 23.0 Å². The molecule has 1 atom stereocenters. The molecule has 1 aromatic heterocycles. The molecule has 0 radical (unpaired) electrons.